The summed E-state index contributed by atoms with van der Waals surface area (Å²) < 4.78 is 4.58. The third-order valence-electron chi connectivity index (χ3n) is 2.81. The molecule has 4 nitrogen and oxygen atoms in total. The van der Waals surface area contributed by atoms with Crippen molar-refractivity contribution in [3.8, 4) is 5.75 Å². The van der Waals surface area contributed by atoms with Crippen molar-refractivity contribution in [1.82, 2.24) is 4.98 Å². The lowest BCUT2D eigenvalue weighted by Crippen LogP contribution is -1.99. The van der Waals surface area contributed by atoms with Crippen molar-refractivity contribution in [2.75, 3.05) is 0 Å². The second kappa shape index (κ2) is 4.95. The van der Waals surface area contributed by atoms with Crippen LogP contribution >= 0.6 is 23.0 Å². The van der Waals surface area contributed by atoms with Gasteiger partial charge in [0.15, 0.2) is 23.0 Å². The highest BCUT2D eigenvalue weighted by atomic mass is 127. The van der Waals surface area contributed by atoms with Crippen LogP contribution in [0, 0.1) is 6.92 Å². The van der Waals surface area contributed by atoms with Gasteiger partial charge in [-0.15, -0.1) is 0 Å². The number of aromatic nitrogens is 1. The average Bonchev–Trinajstić information content (AvgIpc) is 2.63. The summed E-state index contributed by atoms with van der Waals surface area (Å²) in [6.45, 7) is 1.98. The smallest absolute Gasteiger partial charge is 0.315 e. The summed E-state index contributed by atoms with van der Waals surface area (Å²) in [6.07, 6.45) is 0.964. The van der Waals surface area contributed by atoms with E-state index in [-0.39, 0.29) is 11.7 Å². The summed E-state index contributed by atoms with van der Waals surface area (Å²) >= 11 is 1.59. The SMILES string of the molecule is Cc1c(CCC(=O)OI)[nH]c2ccc(O)cc12. The number of carbonyl (C=O) groups excluding carboxylic acids is 1. The predicted molar refractivity (Wildman–Crippen MR) is 73.1 cm³/mol. The fourth-order valence-electron chi connectivity index (χ4n) is 1.89. The van der Waals surface area contributed by atoms with E-state index < -0.39 is 0 Å². The van der Waals surface area contributed by atoms with E-state index in [2.05, 4.69) is 8.05 Å². The molecule has 0 aliphatic carbocycles. The highest BCUT2D eigenvalue weighted by molar-refractivity contribution is 14.1. The van der Waals surface area contributed by atoms with Crippen molar-refractivity contribution in [1.29, 1.82) is 0 Å². The summed E-state index contributed by atoms with van der Waals surface area (Å²) in [4.78, 5) is 14.3. The number of carbonyl (C=O) groups is 1. The normalized spacial score (nSPS) is 10.7. The number of aromatic amines is 1. The molecule has 0 fully saturated rings. The highest BCUT2D eigenvalue weighted by Crippen LogP contribution is 2.26. The van der Waals surface area contributed by atoms with Gasteiger partial charge in [0, 0.05) is 16.6 Å². The second-order valence-corrected chi connectivity index (χ2v) is 4.35. The molecule has 2 aromatic rings. The number of rotatable bonds is 3. The number of benzene rings is 1. The number of H-pyrrole nitrogens is 1. The zero-order valence-electron chi connectivity index (χ0n) is 9.29. The number of hydrogen-bond donors (Lipinski definition) is 2. The Morgan fingerprint density at radius 2 is 2.29 bits per heavy atom. The van der Waals surface area contributed by atoms with Crippen molar-refractivity contribution in [2.45, 2.75) is 19.8 Å². The van der Waals surface area contributed by atoms with E-state index >= 15 is 0 Å². The maximum absolute atomic E-state index is 11.1. The summed E-state index contributed by atoms with van der Waals surface area (Å²) in [5.74, 6) is 0.0179. The topological polar surface area (TPSA) is 62.3 Å². The monoisotopic (exact) mass is 345 g/mol. The van der Waals surface area contributed by atoms with Crippen molar-refractivity contribution in [2.24, 2.45) is 0 Å². The summed E-state index contributed by atoms with van der Waals surface area (Å²) in [5, 5.41) is 10.4. The van der Waals surface area contributed by atoms with Gasteiger partial charge in [0.1, 0.15) is 5.75 Å². The van der Waals surface area contributed by atoms with Crippen LogP contribution in [-0.4, -0.2) is 16.1 Å². The first-order valence-electron chi connectivity index (χ1n) is 5.23. The van der Waals surface area contributed by atoms with Gasteiger partial charge in [-0.2, -0.15) is 0 Å². The molecular formula is C12H12INO3. The summed E-state index contributed by atoms with van der Waals surface area (Å²) in [5.41, 5.74) is 3.04. The summed E-state index contributed by atoms with van der Waals surface area (Å²) in [7, 11) is 0. The number of nitrogens with one attached hydrogen (secondary N) is 1. The van der Waals surface area contributed by atoms with Crippen LogP contribution in [0.2, 0.25) is 0 Å². The number of aryl methyl sites for hydroxylation is 2. The first-order valence-corrected chi connectivity index (χ1v) is 6.11. The van der Waals surface area contributed by atoms with Crippen molar-refractivity contribution in [3.05, 3.63) is 29.5 Å². The molecule has 0 radical (unpaired) electrons. The van der Waals surface area contributed by atoms with Gasteiger partial charge in [-0.3, -0.25) is 4.79 Å². The molecule has 0 aliphatic rings. The van der Waals surface area contributed by atoms with Gasteiger partial charge in [0.2, 0.25) is 0 Å². The second-order valence-electron chi connectivity index (χ2n) is 3.91. The number of halogens is 1. The van der Waals surface area contributed by atoms with E-state index in [4.69, 9.17) is 0 Å². The third-order valence-corrected chi connectivity index (χ3v) is 3.30. The van der Waals surface area contributed by atoms with Crippen LogP contribution < -0.4 is 0 Å². The third kappa shape index (κ3) is 2.54. The van der Waals surface area contributed by atoms with Gasteiger partial charge in [0.25, 0.3) is 0 Å². The molecule has 0 saturated carbocycles. The quantitative estimate of drug-likeness (QED) is 0.841. The van der Waals surface area contributed by atoms with Gasteiger partial charge in [-0.05, 0) is 37.1 Å². The molecule has 0 amide bonds. The van der Waals surface area contributed by atoms with E-state index in [1.807, 2.05) is 13.0 Å². The van der Waals surface area contributed by atoms with Gasteiger partial charge >= 0.3 is 5.97 Å². The molecular weight excluding hydrogens is 333 g/mol. The number of hydrogen-bond acceptors (Lipinski definition) is 3. The lowest BCUT2D eigenvalue weighted by molar-refractivity contribution is -0.131. The molecule has 0 saturated heterocycles. The molecule has 1 heterocycles. The first-order chi connectivity index (χ1) is 8.11. The minimum Gasteiger partial charge on any atom is -0.508 e. The van der Waals surface area contributed by atoms with Gasteiger partial charge in [-0.1, -0.05) is 0 Å². The minimum absolute atomic E-state index is 0.230. The Kier molecular flexibility index (Phi) is 3.56. The highest BCUT2D eigenvalue weighted by Gasteiger charge is 2.10. The molecule has 17 heavy (non-hydrogen) atoms. The standard InChI is InChI=1S/C12H12INO3/c1-7-9-6-8(15)2-3-11(9)14-10(7)4-5-12(16)17-13/h2-3,6,14-15H,4-5H2,1H3. The van der Waals surface area contributed by atoms with Crippen LogP contribution in [0.4, 0.5) is 0 Å². The van der Waals surface area contributed by atoms with Crippen LogP contribution in [0.5, 0.6) is 5.75 Å². The average molecular weight is 345 g/mol. The Hall–Kier alpha value is -1.24. The van der Waals surface area contributed by atoms with Crippen LogP contribution in [0.15, 0.2) is 18.2 Å². The largest absolute Gasteiger partial charge is 0.508 e. The number of phenolic OH excluding ortho intramolecular Hbond substituents is 1. The molecule has 5 heteroatoms. The molecule has 2 N–H and O–H groups in total. The minimum atomic E-state index is -0.230. The van der Waals surface area contributed by atoms with Crippen LogP contribution in [0.25, 0.3) is 10.9 Å². The Labute approximate surface area is 113 Å². The number of aromatic hydroxyl groups is 1. The van der Waals surface area contributed by atoms with Gasteiger partial charge in [-0.25, -0.2) is 0 Å². The molecule has 0 atom stereocenters. The van der Waals surface area contributed by atoms with E-state index in [0.717, 1.165) is 22.2 Å². The Morgan fingerprint density at radius 3 is 3.00 bits per heavy atom. The molecule has 2 rings (SSSR count). The molecule has 0 bridgehead atoms. The van der Waals surface area contributed by atoms with Crippen molar-refractivity contribution < 1.29 is 13.0 Å². The molecule has 1 aromatic carbocycles. The van der Waals surface area contributed by atoms with E-state index in [9.17, 15) is 9.90 Å². The molecule has 0 spiro atoms. The van der Waals surface area contributed by atoms with E-state index in [1.54, 1.807) is 35.1 Å². The zero-order valence-corrected chi connectivity index (χ0v) is 11.4. The molecule has 90 valence electrons. The van der Waals surface area contributed by atoms with E-state index in [0.29, 0.717) is 12.8 Å². The number of phenols is 1. The molecule has 0 aliphatic heterocycles. The van der Waals surface area contributed by atoms with E-state index in [1.165, 1.54) is 0 Å². The fraction of sp³-hybridized carbons (Fsp3) is 0.250. The van der Waals surface area contributed by atoms with Crippen molar-refractivity contribution >= 4 is 39.9 Å². The Morgan fingerprint density at radius 1 is 1.53 bits per heavy atom. The molecule has 0 unspecified atom stereocenters. The fourth-order valence-corrected chi connectivity index (χ4v) is 2.11. The summed E-state index contributed by atoms with van der Waals surface area (Å²) in [6, 6.07) is 5.19. The predicted octanol–water partition coefficient (Wildman–Crippen LogP) is 3.01. The van der Waals surface area contributed by atoms with Crippen LogP contribution in [-0.2, 0) is 14.3 Å². The Balaban J connectivity index is 2.29. The first kappa shape index (κ1) is 12.2. The maximum atomic E-state index is 11.1. The zero-order chi connectivity index (χ0) is 12.4. The lowest BCUT2D eigenvalue weighted by Gasteiger charge is -1.98. The van der Waals surface area contributed by atoms with Crippen molar-refractivity contribution in [3.63, 3.8) is 0 Å². The molecule has 1 aromatic heterocycles. The lowest BCUT2D eigenvalue weighted by atomic mass is 10.1. The van der Waals surface area contributed by atoms with Crippen LogP contribution in [0.1, 0.15) is 17.7 Å². The Bertz CT molecular complexity index is 562. The van der Waals surface area contributed by atoms with Gasteiger partial charge < -0.3 is 13.2 Å². The van der Waals surface area contributed by atoms with Crippen LogP contribution in [0.3, 0.4) is 0 Å². The maximum Gasteiger partial charge on any atom is 0.315 e. The number of fused-ring (bicyclic) bond motifs is 1. The van der Waals surface area contributed by atoms with Gasteiger partial charge in [0.05, 0.1) is 6.42 Å².